The van der Waals surface area contributed by atoms with Crippen molar-refractivity contribution in [1.29, 1.82) is 0 Å². The van der Waals surface area contributed by atoms with Crippen LogP contribution < -0.4 is 11.1 Å². The normalized spacial score (nSPS) is 35.4. The fraction of sp³-hybridized carbons (Fsp3) is 0.789. The van der Waals surface area contributed by atoms with Crippen molar-refractivity contribution in [1.82, 2.24) is 10.3 Å². The Morgan fingerprint density at radius 2 is 2.22 bits per heavy atom. The number of amides is 1. The van der Waals surface area contributed by atoms with Crippen molar-refractivity contribution >= 4 is 22.4 Å². The third-order valence-electron chi connectivity index (χ3n) is 6.93. The summed E-state index contributed by atoms with van der Waals surface area (Å²) < 4.78 is 5.00. The van der Waals surface area contributed by atoms with Gasteiger partial charge in [0, 0.05) is 36.3 Å². The summed E-state index contributed by atoms with van der Waals surface area (Å²) in [6.07, 6.45) is 1.91. The van der Waals surface area contributed by atoms with Crippen molar-refractivity contribution in [2.24, 2.45) is 16.7 Å². The molecule has 7 nitrogen and oxygen atoms in total. The summed E-state index contributed by atoms with van der Waals surface area (Å²) >= 11 is 1.46. The van der Waals surface area contributed by atoms with E-state index in [-0.39, 0.29) is 29.8 Å². The van der Waals surface area contributed by atoms with E-state index in [2.05, 4.69) is 17.2 Å². The first-order valence-corrected chi connectivity index (χ1v) is 10.4. The Bertz CT molecular complexity index is 696. The molecule has 0 aromatic carbocycles. The van der Waals surface area contributed by atoms with Crippen molar-refractivity contribution in [3.8, 4) is 0 Å². The molecule has 1 fully saturated rings. The van der Waals surface area contributed by atoms with Crippen LogP contribution in [0.4, 0.5) is 5.13 Å². The Hall–Kier alpha value is -1.22. The number of aliphatic hydroxyl groups excluding tert-OH is 2. The lowest BCUT2D eigenvalue weighted by Crippen LogP contribution is -2.57. The van der Waals surface area contributed by atoms with E-state index in [0.29, 0.717) is 31.1 Å². The minimum atomic E-state index is -0.603. The number of nitrogens with one attached hydrogen (secondary N) is 1. The Kier molecular flexibility index (Phi) is 5.82. The summed E-state index contributed by atoms with van der Waals surface area (Å²) in [6, 6.07) is 0. The van der Waals surface area contributed by atoms with Gasteiger partial charge in [-0.05, 0) is 30.6 Å². The van der Waals surface area contributed by atoms with Gasteiger partial charge in [0.25, 0.3) is 0 Å². The average Bonchev–Trinajstić information content (AvgIpc) is 3.00. The van der Waals surface area contributed by atoms with Crippen molar-refractivity contribution in [2.75, 3.05) is 32.6 Å². The summed E-state index contributed by atoms with van der Waals surface area (Å²) in [7, 11) is 1.60. The number of aromatic nitrogens is 1. The van der Waals surface area contributed by atoms with Crippen LogP contribution in [0.15, 0.2) is 0 Å². The van der Waals surface area contributed by atoms with Crippen LogP contribution in [0.5, 0.6) is 0 Å². The predicted molar refractivity (Wildman–Crippen MR) is 105 cm³/mol. The number of hydrogen-bond acceptors (Lipinski definition) is 7. The van der Waals surface area contributed by atoms with Crippen LogP contribution in [0, 0.1) is 16.7 Å². The molecule has 1 aromatic heterocycles. The molecular weight excluding hydrogens is 366 g/mol. The average molecular weight is 398 g/mol. The molecule has 2 aliphatic carbocycles. The molecule has 2 aliphatic rings. The minimum Gasteiger partial charge on any atom is -0.396 e. The van der Waals surface area contributed by atoms with Crippen molar-refractivity contribution < 1.29 is 19.7 Å². The van der Waals surface area contributed by atoms with Gasteiger partial charge in [-0.15, -0.1) is 11.3 Å². The highest BCUT2D eigenvalue weighted by Crippen LogP contribution is 2.62. The van der Waals surface area contributed by atoms with Gasteiger partial charge in [0.15, 0.2) is 5.13 Å². The topological polar surface area (TPSA) is 118 Å². The van der Waals surface area contributed by atoms with E-state index in [4.69, 9.17) is 10.5 Å². The lowest BCUT2D eigenvalue weighted by atomic mass is 9.47. The first-order chi connectivity index (χ1) is 12.8. The molecule has 1 aromatic rings. The van der Waals surface area contributed by atoms with Gasteiger partial charge in [-0.2, -0.15) is 0 Å². The van der Waals surface area contributed by atoms with Crippen LogP contribution in [-0.4, -0.2) is 54.1 Å². The molecule has 1 heterocycles. The van der Waals surface area contributed by atoms with Gasteiger partial charge in [0.1, 0.15) is 0 Å². The van der Waals surface area contributed by atoms with Crippen LogP contribution in [0.3, 0.4) is 0 Å². The lowest BCUT2D eigenvalue weighted by Gasteiger charge is -2.58. The maximum Gasteiger partial charge on any atom is 0.220 e. The maximum absolute atomic E-state index is 12.6. The van der Waals surface area contributed by atoms with E-state index in [1.807, 2.05) is 6.92 Å². The van der Waals surface area contributed by atoms with Gasteiger partial charge in [0.05, 0.1) is 25.0 Å². The molecule has 1 saturated carbocycles. The summed E-state index contributed by atoms with van der Waals surface area (Å²) in [5.74, 6) is -0.0585. The van der Waals surface area contributed by atoms with Crippen LogP contribution in [0.2, 0.25) is 0 Å². The summed E-state index contributed by atoms with van der Waals surface area (Å²) in [4.78, 5) is 18.3. The van der Waals surface area contributed by atoms with E-state index in [0.717, 1.165) is 23.4 Å². The smallest absolute Gasteiger partial charge is 0.220 e. The van der Waals surface area contributed by atoms with E-state index < -0.39 is 11.5 Å². The fourth-order valence-electron chi connectivity index (χ4n) is 5.21. The lowest BCUT2D eigenvalue weighted by molar-refractivity contribution is -0.144. The molecule has 8 heteroatoms. The van der Waals surface area contributed by atoms with E-state index in [9.17, 15) is 15.0 Å². The zero-order valence-electron chi connectivity index (χ0n) is 16.3. The molecule has 0 spiro atoms. The number of ether oxygens (including phenoxy) is 1. The third-order valence-corrected chi connectivity index (χ3v) is 7.85. The van der Waals surface area contributed by atoms with Crippen LogP contribution in [0.1, 0.15) is 49.6 Å². The molecule has 1 amide bonds. The van der Waals surface area contributed by atoms with Crippen LogP contribution in [0.25, 0.3) is 0 Å². The number of methoxy groups -OCH3 is 1. The van der Waals surface area contributed by atoms with Crippen molar-refractivity contribution in [2.45, 2.75) is 51.6 Å². The van der Waals surface area contributed by atoms with Crippen molar-refractivity contribution in [3.05, 3.63) is 10.6 Å². The molecule has 0 bridgehead atoms. The van der Waals surface area contributed by atoms with Gasteiger partial charge in [-0.1, -0.05) is 13.8 Å². The van der Waals surface area contributed by atoms with Gasteiger partial charge < -0.3 is 26.0 Å². The molecule has 5 N–H and O–H groups in total. The monoisotopic (exact) mass is 397 g/mol. The van der Waals surface area contributed by atoms with Crippen LogP contribution >= 0.6 is 11.3 Å². The number of fused-ring (bicyclic) bond motifs is 2. The third kappa shape index (κ3) is 3.48. The Labute approximate surface area is 164 Å². The largest absolute Gasteiger partial charge is 0.396 e. The van der Waals surface area contributed by atoms with Gasteiger partial charge >= 0.3 is 0 Å². The van der Waals surface area contributed by atoms with E-state index in [1.165, 1.54) is 11.3 Å². The quantitative estimate of drug-likeness (QED) is 0.537. The number of thiazole rings is 1. The van der Waals surface area contributed by atoms with E-state index in [1.54, 1.807) is 7.11 Å². The molecule has 0 aliphatic heterocycles. The molecule has 152 valence electrons. The number of carbonyl (C=O) groups excluding carboxylic acids is 1. The Morgan fingerprint density at radius 1 is 1.48 bits per heavy atom. The molecule has 5 atom stereocenters. The molecule has 27 heavy (non-hydrogen) atoms. The van der Waals surface area contributed by atoms with Crippen LogP contribution in [-0.2, 0) is 16.0 Å². The maximum atomic E-state index is 12.6. The number of nitrogen functional groups attached to an aromatic ring is 1. The number of nitrogens with two attached hydrogens (primary N) is 1. The predicted octanol–water partition coefficient (Wildman–Crippen LogP) is 1.29. The Morgan fingerprint density at radius 3 is 2.89 bits per heavy atom. The number of nitrogens with zero attached hydrogens (tertiary/aromatic N) is 1. The number of rotatable bonds is 6. The van der Waals surface area contributed by atoms with E-state index >= 15 is 0 Å². The van der Waals surface area contributed by atoms with Gasteiger partial charge in [0.2, 0.25) is 5.91 Å². The number of carbonyl (C=O) groups is 1. The summed E-state index contributed by atoms with van der Waals surface area (Å²) in [6.45, 7) is 5.01. The highest BCUT2D eigenvalue weighted by molar-refractivity contribution is 7.15. The Balaban J connectivity index is 1.95. The number of aliphatic hydroxyl groups is 2. The number of anilines is 1. The summed E-state index contributed by atoms with van der Waals surface area (Å²) in [5, 5.41) is 24.2. The second-order valence-corrected chi connectivity index (χ2v) is 9.56. The molecule has 0 unspecified atom stereocenters. The molecule has 0 saturated heterocycles. The second-order valence-electron chi connectivity index (χ2n) is 8.44. The standard InChI is InChI=1S/C19H31N3O4S/c1-18-5-4-14(24)19(2,10-23)13(18)9-12-16(22-17(20)27-12)11(18)8-15(25)21-6-7-26-3/h11,13-14,23-24H,4-10H2,1-3H3,(H2,20,22)(H,21,25)/t11-,13+,14-,18+,19+/m1/s1. The minimum absolute atomic E-state index is 0.0340. The SMILES string of the molecule is COCCNC(=O)C[C@@H]1c2nc(N)sc2C[C@@H]2[C@](C)(CO)[C@H](O)CC[C@]21C. The first-order valence-electron chi connectivity index (χ1n) is 9.56. The van der Waals surface area contributed by atoms with Gasteiger partial charge in [-0.25, -0.2) is 4.98 Å². The van der Waals surface area contributed by atoms with Crippen molar-refractivity contribution in [3.63, 3.8) is 0 Å². The molecule has 3 rings (SSSR count). The zero-order valence-corrected chi connectivity index (χ0v) is 17.1. The molecule has 0 radical (unpaired) electrons. The fourth-order valence-corrected chi connectivity index (χ4v) is 6.15. The number of hydrogen-bond donors (Lipinski definition) is 4. The molecular formula is C19H31N3O4S. The van der Waals surface area contributed by atoms with Gasteiger partial charge in [-0.3, -0.25) is 4.79 Å². The highest BCUT2D eigenvalue weighted by atomic mass is 32.1. The summed E-state index contributed by atoms with van der Waals surface area (Å²) in [5.41, 5.74) is 6.09. The highest BCUT2D eigenvalue weighted by Gasteiger charge is 2.59. The first kappa shape index (κ1) is 20.5. The zero-order chi connectivity index (χ0) is 19.8. The second kappa shape index (κ2) is 7.66.